The molecule has 0 atom stereocenters. The average molecular weight is 276 g/mol. The summed E-state index contributed by atoms with van der Waals surface area (Å²) in [5, 5.41) is 4.41. The molecule has 0 aliphatic heterocycles. The van der Waals surface area contributed by atoms with Gasteiger partial charge in [-0.2, -0.15) is 0 Å². The van der Waals surface area contributed by atoms with Crippen LogP contribution in [0.1, 0.15) is 31.2 Å². The minimum Gasteiger partial charge on any atom is -0.488 e. The zero-order chi connectivity index (χ0) is 13.7. The minimum atomic E-state index is 0.237. The lowest BCUT2D eigenvalue weighted by Crippen LogP contribution is -2.92. The summed E-state index contributed by atoms with van der Waals surface area (Å²) in [6.45, 7) is 8.28. The molecule has 2 N–H and O–H groups in total. The van der Waals surface area contributed by atoms with E-state index in [0.717, 1.165) is 12.3 Å². The Hall–Kier alpha value is -1.32. The highest BCUT2D eigenvalue weighted by Gasteiger charge is 2.14. The number of ether oxygens (including phenoxy) is 1. The summed E-state index contributed by atoms with van der Waals surface area (Å²) >= 11 is 1.73. The van der Waals surface area contributed by atoms with E-state index < -0.39 is 0 Å². The molecule has 0 spiro atoms. The zero-order valence-corrected chi connectivity index (χ0v) is 12.7. The fourth-order valence-electron chi connectivity index (χ4n) is 1.77. The van der Waals surface area contributed by atoms with Gasteiger partial charge in [0.2, 0.25) is 0 Å². The lowest BCUT2D eigenvalue weighted by atomic mass is 10.1. The van der Waals surface area contributed by atoms with E-state index in [1.807, 2.05) is 6.07 Å². The first-order valence-corrected chi connectivity index (χ1v) is 7.50. The Morgan fingerprint density at radius 2 is 1.89 bits per heavy atom. The van der Waals surface area contributed by atoms with Crippen molar-refractivity contribution in [1.29, 1.82) is 0 Å². The molecule has 0 radical (unpaired) electrons. The van der Waals surface area contributed by atoms with Crippen LogP contribution in [0.5, 0.6) is 5.75 Å². The Morgan fingerprint density at radius 3 is 2.58 bits per heavy atom. The normalized spacial score (nSPS) is 11.5. The molecule has 0 unspecified atom stereocenters. The van der Waals surface area contributed by atoms with E-state index in [-0.39, 0.29) is 5.54 Å². The van der Waals surface area contributed by atoms with Crippen molar-refractivity contribution in [2.24, 2.45) is 0 Å². The molecule has 1 heterocycles. The van der Waals surface area contributed by atoms with Crippen molar-refractivity contribution in [2.75, 3.05) is 0 Å². The molecule has 19 heavy (non-hydrogen) atoms. The van der Waals surface area contributed by atoms with Gasteiger partial charge in [-0.3, -0.25) is 0 Å². The third kappa shape index (κ3) is 4.69. The highest BCUT2D eigenvalue weighted by molar-refractivity contribution is 7.09. The smallest absolute Gasteiger partial charge is 0.128 e. The zero-order valence-electron chi connectivity index (χ0n) is 11.8. The van der Waals surface area contributed by atoms with Crippen molar-refractivity contribution in [3.05, 3.63) is 52.2 Å². The first-order chi connectivity index (χ1) is 9.04. The quantitative estimate of drug-likeness (QED) is 0.891. The fraction of sp³-hybridized carbons (Fsp3) is 0.375. The maximum absolute atomic E-state index is 5.94. The van der Waals surface area contributed by atoms with Gasteiger partial charge in [-0.15, -0.1) is 11.3 Å². The average Bonchev–Trinajstić information content (AvgIpc) is 2.87. The summed E-state index contributed by atoms with van der Waals surface area (Å²) in [5.41, 5.74) is 1.50. The molecule has 0 saturated carbocycles. The van der Waals surface area contributed by atoms with Crippen LogP contribution in [0.3, 0.4) is 0 Å². The molecule has 2 nitrogen and oxygen atoms in total. The Labute approximate surface area is 119 Å². The SMILES string of the molecule is CC(C)(C)[NH2+]Cc1ccccc1OCc1cccs1. The highest BCUT2D eigenvalue weighted by atomic mass is 32.1. The molecule has 0 aliphatic rings. The van der Waals surface area contributed by atoms with Gasteiger partial charge in [0.15, 0.2) is 0 Å². The maximum atomic E-state index is 5.94. The molecule has 0 fully saturated rings. The van der Waals surface area contributed by atoms with Crippen LogP contribution in [-0.4, -0.2) is 5.54 Å². The predicted molar refractivity (Wildman–Crippen MR) is 80.5 cm³/mol. The summed E-state index contributed by atoms with van der Waals surface area (Å²) in [6, 6.07) is 12.5. The van der Waals surface area contributed by atoms with Gasteiger partial charge < -0.3 is 10.1 Å². The molecule has 0 aliphatic carbocycles. The molecule has 1 aromatic carbocycles. The van der Waals surface area contributed by atoms with Crippen molar-refractivity contribution in [3.8, 4) is 5.75 Å². The molecule has 0 bridgehead atoms. The monoisotopic (exact) mass is 276 g/mol. The van der Waals surface area contributed by atoms with E-state index in [0.29, 0.717) is 6.61 Å². The van der Waals surface area contributed by atoms with E-state index in [9.17, 15) is 0 Å². The lowest BCUT2D eigenvalue weighted by Gasteiger charge is -2.18. The molecule has 2 rings (SSSR count). The van der Waals surface area contributed by atoms with Gasteiger partial charge in [0.25, 0.3) is 0 Å². The number of para-hydroxylation sites is 1. The fourth-order valence-corrected chi connectivity index (χ4v) is 2.39. The van der Waals surface area contributed by atoms with E-state index in [4.69, 9.17) is 4.74 Å². The number of thiophene rings is 1. The second kappa shape index (κ2) is 6.22. The Kier molecular flexibility index (Phi) is 4.61. The second-order valence-electron chi connectivity index (χ2n) is 5.75. The van der Waals surface area contributed by atoms with Crippen molar-refractivity contribution in [1.82, 2.24) is 0 Å². The Bertz CT molecular complexity index is 500. The Morgan fingerprint density at radius 1 is 1.11 bits per heavy atom. The van der Waals surface area contributed by atoms with Gasteiger partial charge in [-0.1, -0.05) is 18.2 Å². The third-order valence-electron chi connectivity index (χ3n) is 2.86. The second-order valence-corrected chi connectivity index (χ2v) is 6.78. The van der Waals surface area contributed by atoms with Crippen molar-refractivity contribution < 1.29 is 10.1 Å². The number of hydrogen-bond donors (Lipinski definition) is 1. The molecular formula is C16H22NOS+. The van der Waals surface area contributed by atoms with Crippen LogP contribution in [0.4, 0.5) is 0 Å². The summed E-state index contributed by atoms with van der Waals surface area (Å²) in [7, 11) is 0. The summed E-state index contributed by atoms with van der Waals surface area (Å²) in [6.07, 6.45) is 0. The molecule has 2 aromatic rings. The standard InChI is InChI=1S/C16H21NOS/c1-16(2,3)17-11-13-7-4-5-9-15(13)18-12-14-8-6-10-19-14/h4-10,17H,11-12H2,1-3H3/p+1. The number of benzene rings is 1. The van der Waals surface area contributed by atoms with Gasteiger partial charge in [0.05, 0.1) is 5.54 Å². The van der Waals surface area contributed by atoms with Crippen LogP contribution >= 0.6 is 11.3 Å². The molecule has 0 saturated heterocycles. The number of nitrogens with two attached hydrogens (primary N) is 1. The van der Waals surface area contributed by atoms with E-state index in [1.54, 1.807) is 11.3 Å². The third-order valence-corrected chi connectivity index (χ3v) is 3.71. The summed E-state index contributed by atoms with van der Waals surface area (Å²) in [4.78, 5) is 1.26. The van der Waals surface area contributed by atoms with Crippen molar-refractivity contribution >= 4 is 11.3 Å². The first kappa shape index (κ1) is 14.1. The van der Waals surface area contributed by atoms with Crippen LogP contribution < -0.4 is 10.1 Å². The highest BCUT2D eigenvalue weighted by Crippen LogP contribution is 2.19. The van der Waals surface area contributed by atoms with Gasteiger partial charge in [-0.05, 0) is 44.4 Å². The summed E-state index contributed by atoms with van der Waals surface area (Å²) < 4.78 is 5.94. The van der Waals surface area contributed by atoms with Crippen LogP contribution in [0.15, 0.2) is 41.8 Å². The first-order valence-electron chi connectivity index (χ1n) is 6.62. The number of quaternary nitrogens is 1. The van der Waals surface area contributed by atoms with E-state index in [2.05, 4.69) is 61.8 Å². The van der Waals surface area contributed by atoms with Gasteiger partial charge in [0, 0.05) is 10.4 Å². The van der Waals surface area contributed by atoms with Crippen LogP contribution in [-0.2, 0) is 13.2 Å². The molecule has 102 valence electrons. The van der Waals surface area contributed by atoms with Crippen LogP contribution in [0.25, 0.3) is 0 Å². The number of hydrogen-bond acceptors (Lipinski definition) is 2. The molecule has 3 heteroatoms. The van der Waals surface area contributed by atoms with Crippen molar-refractivity contribution in [2.45, 2.75) is 39.5 Å². The van der Waals surface area contributed by atoms with Gasteiger partial charge in [0.1, 0.15) is 18.9 Å². The van der Waals surface area contributed by atoms with Gasteiger partial charge in [-0.25, -0.2) is 0 Å². The number of rotatable bonds is 5. The lowest BCUT2D eigenvalue weighted by molar-refractivity contribution is -0.731. The van der Waals surface area contributed by atoms with E-state index in [1.165, 1.54) is 10.4 Å². The van der Waals surface area contributed by atoms with Crippen LogP contribution in [0.2, 0.25) is 0 Å². The topological polar surface area (TPSA) is 25.8 Å². The maximum Gasteiger partial charge on any atom is 0.128 e. The molecule has 0 amide bonds. The molecule has 1 aromatic heterocycles. The van der Waals surface area contributed by atoms with Crippen LogP contribution in [0, 0.1) is 0 Å². The van der Waals surface area contributed by atoms with Gasteiger partial charge >= 0.3 is 0 Å². The Balaban J connectivity index is 1.99. The van der Waals surface area contributed by atoms with E-state index >= 15 is 0 Å². The molecular weight excluding hydrogens is 254 g/mol. The minimum absolute atomic E-state index is 0.237. The van der Waals surface area contributed by atoms with Crippen molar-refractivity contribution in [3.63, 3.8) is 0 Å². The largest absolute Gasteiger partial charge is 0.488 e. The summed E-state index contributed by atoms with van der Waals surface area (Å²) in [5.74, 6) is 0.997. The predicted octanol–water partition coefficient (Wildman–Crippen LogP) is 3.19.